The van der Waals surface area contributed by atoms with E-state index in [1.165, 1.54) is 0 Å². The van der Waals surface area contributed by atoms with Crippen molar-refractivity contribution in [2.24, 2.45) is 34.5 Å². The number of aliphatic hydroxyl groups is 4. The number of fused-ring (bicyclic) bond motifs is 5. The van der Waals surface area contributed by atoms with Crippen LogP contribution in [0.1, 0.15) is 85.0 Å². The summed E-state index contributed by atoms with van der Waals surface area (Å²) in [6.45, 7) is 6.69. The van der Waals surface area contributed by atoms with Gasteiger partial charge in [-0.1, -0.05) is 13.8 Å². The quantitative estimate of drug-likeness (QED) is 0.492. The van der Waals surface area contributed by atoms with Gasteiger partial charge in [-0.3, -0.25) is 0 Å². The topological polar surface area (TPSA) is 99.4 Å². The second-order valence-electron chi connectivity index (χ2n) is 12.4. The van der Waals surface area contributed by atoms with Gasteiger partial charge in [0.25, 0.3) is 0 Å². The molecule has 6 nitrogen and oxygen atoms in total. The first-order valence-electron chi connectivity index (χ1n) is 13.1. The van der Waals surface area contributed by atoms with E-state index in [0.29, 0.717) is 24.2 Å². The van der Waals surface area contributed by atoms with Gasteiger partial charge in [0.15, 0.2) is 6.29 Å². The van der Waals surface area contributed by atoms with Crippen LogP contribution in [0.15, 0.2) is 0 Å². The zero-order valence-corrected chi connectivity index (χ0v) is 20.1. The number of hydrogen-bond acceptors (Lipinski definition) is 6. The fourth-order valence-electron chi connectivity index (χ4n) is 9.04. The second-order valence-corrected chi connectivity index (χ2v) is 12.4. The van der Waals surface area contributed by atoms with Crippen LogP contribution < -0.4 is 0 Å². The van der Waals surface area contributed by atoms with E-state index >= 15 is 0 Å². The summed E-state index contributed by atoms with van der Waals surface area (Å²) in [6, 6.07) is 0. The Morgan fingerprint density at radius 1 is 0.938 bits per heavy atom. The summed E-state index contributed by atoms with van der Waals surface area (Å²) in [5, 5.41) is 42.0. The summed E-state index contributed by atoms with van der Waals surface area (Å²) >= 11 is 0. The molecule has 0 aromatic rings. The molecule has 184 valence electrons. The third-order valence-electron chi connectivity index (χ3n) is 11.2. The Morgan fingerprint density at radius 2 is 1.72 bits per heavy atom. The first-order chi connectivity index (χ1) is 15.1. The second kappa shape index (κ2) is 8.17. The summed E-state index contributed by atoms with van der Waals surface area (Å²) < 4.78 is 12.1. The van der Waals surface area contributed by atoms with Crippen molar-refractivity contribution in [2.45, 2.75) is 121 Å². The first kappa shape index (κ1) is 23.5. The van der Waals surface area contributed by atoms with Crippen molar-refractivity contribution in [3.63, 3.8) is 0 Å². The minimum absolute atomic E-state index is 0.131. The lowest BCUT2D eigenvalue weighted by atomic mass is 9.43. The maximum atomic E-state index is 12.0. The van der Waals surface area contributed by atoms with Gasteiger partial charge in [-0.05, 0) is 93.8 Å². The van der Waals surface area contributed by atoms with E-state index in [9.17, 15) is 20.4 Å². The van der Waals surface area contributed by atoms with Crippen molar-refractivity contribution in [1.29, 1.82) is 0 Å². The molecule has 5 fully saturated rings. The average Bonchev–Trinajstić information content (AvgIpc) is 3.03. The van der Waals surface area contributed by atoms with Crippen LogP contribution in [0.5, 0.6) is 0 Å². The Labute approximate surface area is 192 Å². The van der Waals surface area contributed by atoms with Crippen LogP contribution in [0, 0.1) is 34.5 Å². The van der Waals surface area contributed by atoms with Crippen molar-refractivity contribution >= 4 is 0 Å². The van der Waals surface area contributed by atoms with E-state index in [1.807, 2.05) is 0 Å². The monoisotopic (exact) mass is 452 g/mol. The highest BCUT2D eigenvalue weighted by molar-refractivity contribution is 5.16. The summed E-state index contributed by atoms with van der Waals surface area (Å²) in [5.74, 6) is 1.70. The van der Waals surface area contributed by atoms with E-state index in [2.05, 4.69) is 13.8 Å². The standard InChI is InChI=1S/C26H44O6/c1-15-23(29)21(28)13-22(31-15)32-18-7-9-24(2)16(12-18)4-5-20-19(24)8-10-25(3)17(14-27)6-11-26(20,25)30/h15-23,27-30H,4-14H2,1-3H3/t15-,16-,17-,18+,19+,20-,21+,22+,23-,24+,25-,26+/m1/s1. The van der Waals surface area contributed by atoms with Crippen LogP contribution in [-0.4, -0.2) is 63.3 Å². The van der Waals surface area contributed by atoms with Gasteiger partial charge in [0.2, 0.25) is 0 Å². The molecule has 5 rings (SSSR count). The summed E-state index contributed by atoms with van der Waals surface area (Å²) in [5.41, 5.74) is -0.548. The largest absolute Gasteiger partial charge is 0.396 e. The van der Waals surface area contributed by atoms with E-state index in [0.717, 1.165) is 57.8 Å². The molecule has 0 unspecified atom stereocenters. The van der Waals surface area contributed by atoms with E-state index in [4.69, 9.17) is 9.47 Å². The predicted octanol–water partition coefficient (Wildman–Crippen LogP) is 2.99. The van der Waals surface area contributed by atoms with Crippen LogP contribution in [0.25, 0.3) is 0 Å². The SMILES string of the molecule is C[C@H]1O[C@@H](O[C@H]2CC[C@@]3(C)[C@H](CC[C@@H]4[C@@H]3CC[C@]3(C)[C@@H](CO)CC[C@]43O)C2)C[C@H](O)[C@@H]1O. The molecular formula is C26H44O6. The zero-order valence-electron chi connectivity index (χ0n) is 20.1. The predicted molar refractivity (Wildman–Crippen MR) is 120 cm³/mol. The molecule has 5 aliphatic rings. The van der Waals surface area contributed by atoms with Gasteiger partial charge < -0.3 is 29.9 Å². The number of ether oxygens (including phenoxy) is 2. The Hall–Kier alpha value is -0.240. The molecule has 0 radical (unpaired) electrons. The molecular weight excluding hydrogens is 408 g/mol. The van der Waals surface area contributed by atoms with Gasteiger partial charge in [0.05, 0.1) is 23.9 Å². The van der Waals surface area contributed by atoms with Crippen LogP contribution >= 0.6 is 0 Å². The molecule has 6 heteroatoms. The third-order valence-corrected chi connectivity index (χ3v) is 11.2. The molecule has 0 aromatic carbocycles. The average molecular weight is 453 g/mol. The van der Waals surface area contributed by atoms with Gasteiger partial charge in [0.1, 0.15) is 6.10 Å². The van der Waals surface area contributed by atoms with Crippen molar-refractivity contribution in [3.8, 4) is 0 Å². The molecule has 0 spiro atoms. The lowest BCUT2D eigenvalue weighted by Crippen LogP contribution is -2.62. The summed E-state index contributed by atoms with van der Waals surface area (Å²) in [4.78, 5) is 0. The van der Waals surface area contributed by atoms with Gasteiger partial charge in [-0.2, -0.15) is 0 Å². The first-order valence-corrected chi connectivity index (χ1v) is 13.1. The highest BCUT2D eigenvalue weighted by Gasteiger charge is 2.67. The molecule has 1 heterocycles. The lowest BCUT2D eigenvalue weighted by molar-refractivity contribution is -0.271. The molecule has 32 heavy (non-hydrogen) atoms. The third kappa shape index (κ3) is 3.35. The van der Waals surface area contributed by atoms with E-state index in [1.54, 1.807) is 6.92 Å². The van der Waals surface area contributed by atoms with E-state index < -0.39 is 30.2 Å². The Bertz CT molecular complexity index is 690. The summed E-state index contributed by atoms with van der Waals surface area (Å²) in [7, 11) is 0. The van der Waals surface area contributed by atoms with Gasteiger partial charge in [-0.25, -0.2) is 0 Å². The maximum absolute atomic E-state index is 12.0. The fourth-order valence-corrected chi connectivity index (χ4v) is 9.04. The smallest absolute Gasteiger partial charge is 0.161 e. The molecule has 4 aliphatic carbocycles. The van der Waals surface area contributed by atoms with Crippen LogP contribution in [-0.2, 0) is 9.47 Å². The molecule has 1 aliphatic heterocycles. The van der Waals surface area contributed by atoms with Crippen LogP contribution in [0.3, 0.4) is 0 Å². The molecule has 0 bridgehead atoms. The fraction of sp³-hybridized carbons (Fsp3) is 1.00. The molecule has 0 amide bonds. The summed E-state index contributed by atoms with van der Waals surface area (Å²) in [6.07, 6.45) is 7.23. The van der Waals surface area contributed by atoms with Gasteiger partial charge in [-0.15, -0.1) is 0 Å². The van der Waals surface area contributed by atoms with Gasteiger partial charge in [0, 0.05) is 18.4 Å². The van der Waals surface area contributed by atoms with Crippen LogP contribution in [0.2, 0.25) is 0 Å². The zero-order chi connectivity index (χ0) is 22.9. The molecule has 1 saturated heterocycles. The number of aliphatic hydroxyl groups excluding tert-OH is 3. The number of hydrogen-bond donors (Lipinski definition) is 4. The van der Waals surface area contributed by atoms with Crippen LogP contribution in [0.4, 0.5) is 0 Å². The highest BCUT2D eigenvalue weighted by atomic mass is 16.7. The molecule has 4 N–H and O–H groups in total. The maximum Gasteiger partial charge on any atom is 0.161 e. The normalized spacial score (nSPS) is 58.0. The van der Waals surface area contributed by atoms with Crippen molar-refractivity contribution < 1.29 is 29.9 Å². The Kier molecular flexibility index (Phi) is 6.00. The number of rotatable bonds is 3. The molecule has 0 aromatic heterocycles. The minimum atomic E-state index is -0.844. The minimum Gasteiger partial charge on any atom is -0.396 e. The molecule has 4 saturated carbocycles. The highest BCUT2D eigenvalue weighted by Crippen LogP contribution is 2.69. The van der Waals surface area contributed by atoms with Crippen molar-refractivity contribution in [2.75, 3.05) is 6.61 Å². The van der Waals surface area contributed by atoms with Crippen molar-refractivity contribution in [3.05, 3.63) is 0 Å². The van der Waals surface area contributed by atoms with E-state index in [-0.39, 0.29) is 29.5 Å². The Balaban J connectivity index is 1.27. The van der Waals surface area contributed by atoms with Gasteiger partial charge >= 0.3 is 0 Å². The Morgan fingerprint density at radius 3 is 2.44 bits per heavy atom. The molecule has 12 atom stereocenters. The van der Waals surface area contributed by atoms with Crippen molar-refractivity contribution in [1.82, 2.24) is 0 Å². The lowest BCUT2D eigenvalue weighted by Gasteiger charge is -2.63.